The molecule has 0 aromatic carbocycles. The molecule has 0 radical (unpaired) electrons. The lowest BCUT2D eigenvalue weighted by atomic mass is 10.2. The first-order valence-electron chi connectivity index (χ1n) is 6.97. The van der Waals surface area contributed by atoms with Gasteiger partial charge in [0.15, 0.2) is 0 Å². The first-order chi connectivity index (χ1) is 10.4. The van der Waals surface area contributed by atoms with Crippen molar-refractivity contribution in [1.82, 2.24) is 14.1 Å². The number of thiophene rings is 1. The number of hydrogen-bond acceptors (Lipinski definition) is 5. The first kappa shape index (κ1) is 15.4. The number of imide groups is 1. The van der Waals surface area contributed by atoms with Crippen molar-refractivity contribution >= 4 is 33.3 Å². The highest BCUT2D eigenvalue weighted by Crippen LogP contribution is 2.23. The van der Waals surface area contributed by atoms with Crippen LogP contribution in [0.4, 0.5) is 4.79 Å². The average Bonchev–Trinajstić information content (AvgIpc) is 3.05. The number of urea groups is 1. The van der Waals surface area contributed by atoms with Gasteiger partial charge in [0.25, 0.3) is 5.91 Å². The van der Waals surface area contributed by atoms with Crippen molar-refractivity contribution in [1.29, 1.82) is 0 Å². The number of carbonyl (C=O) groups excluding carboxylic acids is 2. The molecule has 3 heterocycles. The summed E-state index contributed by atoms with van der Waals surface area (Å²) < 4.78 is 24.5. The molecule has 9 heteroatoms. The predicted molar refractivity (Wildman–Crippen MR) is 82.0 cm³/mol. The van der Waals surface area contributed by atoms with E-state index in [1.807, 2.05) is 17.5 Å². The second-order valence-electron chi connectivity index (χ2n) is 5.43. The average molecular weight is 343 g/mol. The van der Waals surface area contributed by atoms with Crippen LogP contribution in [0.2, 0.25) is 0 Å². The van der Waals surface area contributed by atoms with Gasteiger partial charge >= 0.3 is 6.03 Å². The Bertz CT molecular complexity index is 686. The third-order valence-corrected chi connectivity index (χ3v) is 6.21. The molecule has 1 aromatic heterocycles. The quantitative estimate of drug-likeness (QED) is 0.732. The van der Waals surface area contributed by atoms with Gasteiger partial charge < -0.3 is 4.90 Å². The number of nitrogens with zero attached hydrogens (tertiary/aromatic N) is 3. The Hall–Kier alpha value is -1.45. The zero-order chi connectivity index (χ0) is 15.9. The molecule has 3 amide bonds. The van der Waals surface area contributed by atoms with Gasteiger partial charge in [-0.3, -0.25) is 9.69 Å². The van der Waals surface area contributed by atoms with E-state index in [4.69, 9.17) is 0 Å². The fourth-order valence-corrected chi connectivity index (χ4v) is 4.33. The van der Waals surface area contributed by atoms with Crippen LogP contribution in [0.15, 0.2) is 17.5 Å². The molecule has 2 aliphatic rings. The summed E-state index contributed by atoms with van der Waals surface area (Å²) in [5.74, 6) is -0.296. The van der Waals surface area contributed by atoms with Crippen LogP contribution >= 0.6 is 11.3 Å². The van der Waals surface area contributed by atoms with E-state index < -0.39 is 16.1 Å². The van der Waals surface area contributed by atoms with E-state index in [-0.39, 0.29) is 31.6 Å². The zero-order valence-corrected chi connectivity index (χ0v) is 13.8. The van der Waals surface area contributed by atoms with Gasteiger partial charge in [-0.25, -0.2) is 13.2 Å². The smallest absolute Gasteiger partial charge is 0.310 e. The fraction of sp³-hybridized carbons (Fsp3) is 0.538. The molecule has 120 valence electrons. The van der Waals surface area contributed by atoms with E-state index in [9.17, 15) is 18.0 Å². The molecule has 0 spiro atoms. The molecule has 2 aliphatic heterocycles. The summed E-state index contributed by atoms with van der Waals surface area (Å²) in [7, 11) is -3.34. The summed E-state index contributed by atoms with van der Waals surface area (Å²) in [4.78, 5) is 28.6. The molecule has 0 saturated carbocycles. The molecule has 2 saturated heterocycles. The van der Waals surface area contributed by atoms with Crippen LogP contribution in [0.25, 0.3) is 0 Å². The Morgan fingerprint density at radius 3 is 2.73 bits per heavy atom. The predicted octanol–water partition coefficient (Wildman–Crippen LogP) is 0.199. The maximum absolute atomic E-state index is 12.4. The van der Waals surface area contributed by atoms with Crippen molar-refractivity contribution in [3.63, 3.8) is 0 Å². The number of piperazine rings is 1. The second kappa shape index (κ2) is 5.64. The van der Waals surface area contributed by atoms with Crippen molar-refractivity contribution in [2.75, 3.05) is 32.4 Å². The van der Waals surface area contributed by atoms with Gasteiger partial charge in [0.1, 0.15) is 6.04 Å². The van der Waals surface area contributed by atoms with E-state index in [1.165, 1.54) is 14.1 Å². The third kappa shape index (κ3) is 2.75. The third-order valence-electron chi connectivity index (χ3n) is 4.00. The van der Waals surface area contributed by atoms with Crippen LogP contribution in [-0.2, 0) is 21.2 Å². The summed E-state index contributed by atoms with van der Waals surface area (Å²) in [5.41, 5.74) is 0. The molecule has 3 rings (SSSR count). The summed E-state index contributed by atoms with van der Waals surface area (Å²) >= 11 is 1.59. The minimum Gasteiger partial charge on any atom is -0.310 e. The minimum absolute atomic E-state index is 0.0545. The SMILES string of the molecule is CS(=O)(=O)N1CCN2C(=O)N(CCc3cccs3)C(=O)[C@H]2C1. The van der Waals surface area contributed by atoms with E-state index in [0.717, 1.165) is 11.1 Å². The van der Waals surface area contributed by atoms with Crippen molar-refractivity contribution < 1.29 is 18.0 Å². The van der Waals surface area contributed by atoms with Crippen LogP contribution in [0.1, 0.15) is 4.88 Å². The number of carbonyl (C=O) groups is 2. The van der Waals surface area contributed by atoms with Crippen molar-refractivity contribution in [3.05, 3.63) is 22.4 Å². The van der Waals surface area contributed by atoms with Crippen LogP contribution in [0.3, 0.4) is 0 Å². The molecule has 0 aliphatic carbocycles. The molecule has 7 nitrogen and oxygen atoms in total. The molecule has 1 aromatic rings. The van der Waals surface area contributed by atoms with E-state index in [2.05, 4.69) is 0 Å². The van der Waals surface area contributed by atoms with Gasteiger partial charge in [0.05, 0.1) is 6.26 Å². The lowest BCUT2D eigenvalue weighted by molar-refractivity contribution is -0.128. The Balaban J connectivity index is 1.71. The summed E-state index contributed by atoms with van der Waals surface area (Å²) in [6, 6.07) is 2.91. The topological polar surface area (TPSA) is 78.0 Å². The Morgan fingerprint density at radius 2 is 2.09 bits per heavy atom. The summed E-state index contributed by atoms with van der Waals surface area (Å²) in [6.45, 7) is 0.897. The van der Waals surface area contributed by atoms with E-state index in [1.54, 1.807) is 11.3 Å². The zero-order valence-electron chi connectivity index (χ0n) is 12.1. The Kier molecular flexibility index (Phi) is 3.96. The molecule has 0 N–H and O–H groups in total. The monoisotopic (exact) mass is 343 g/mol. The lowest BCUT2D eigenvalue weighted by Crippen LogP contribution is -2.54. The van der Waals surface area contributed by atoms with Gasteiger partial charge in [-0.1, -0.05) is 6.07 Å². The van der Waals surface area contributed by atoms with Crippen molar-refractivity contribution in [2.24, 2.45) is 0 Å². The number of hydrogen-bond donors (Lipinski definition) is 0. The number of sulfonamides is 1. The van der Waals surface area contributed by atoms with Crippen LogP contribution in [0, 0.1) is 0 Å². The van der Waals surface area contributed by atoms with E-state index >= 15 is 0 Å². The normalized spacial score (nSPS) is 23.2. The van der Waals surface area contributed by atoms with Crippen LogP contribution < -0.4 is 0 Å². The minimum atomic E-state index is -3.34. The number of rotatable bonds is 4. The fourth-order valence-electron chi connectivity index (χ4n) is 2.81. The Labute approximate surface area is 133 Å². The first-order valence-corrected chi connectivity index (χ1v) is 9.70. The summed E-state index contributed by atoms with van der Waals surface area (Å²) in [6.07, 6.45) is 1.75. The highest BCUT2D eigenvalue weighted by atomic mass is 32.2. The molecule has 0 bridgehead atoms. The molecule has 2 fully saturated rings. The standard InChI is InChI=1S/C13H17N3O4S2/c1-22(19,20)14-6-7-15-11(9-14)12(17)16(13(15)18)5-4-10-3-2-8-21-10/h2-3,8,11H,4-7,9H2,1H3/t11-/m1/s1. The van der Waals surface area contributed by atoms with Gasteiger partial charge in [-0.15, -0.1) is 11.3 Å². The molecule has 1 atom stereocenters. The second-order valence-corrected chi connectivity index (χ2v) is 8.45. The van der Waals surface area contributed by atoms with Crippen molar-refractivity contribution in [2.45, 2.75) is 12.5 Å². The largest absolute Gasteiger partial charge is 0.327 e. The lowest BCUT2D eigenvalue weighted by Gasteiger charge is -2.33. The maximum atomic E-state index is 12.4. The number of amides is 3. The molecule has 0 unspecified atom stereocenters. The number of fused-ring (bicyclic) bond motifs is 1. The van der Waals surface area contributed by atoms with Gasteiger partial charge in [-0.2, -0.15) is 4.31 Å². The van der Waals surface area contributed by atoms with Crippen LogP contribution in [-0.4, -0.2) is 72.9 Å². The van der Waals surface area contributed by atoms with Gasteiger partial charge in [0, 0.05) is 31.1 Å². The highest BCUT2D eigenvalue weighted by Gasteiger charge is 2.48. The molecular weight excluding hydrogens is 326 g/mol. The van der Waals surface area contributed by atoms with E-state index in [0.29, 0.717) is 13.0 Å². The summed E-state index contributed by atoms with van der Waals surface area (Å²) in [5, 5.41) is 1.95. The Morgan fingerprint density at radius 1 is 1.32 bits per heavy atom. The maximum Gasteiger partial charge on any atom is 0.327 e. The van der Waals surface area contributed by atoms with Crippen molar-refractivity contribution in [3.8, 4) is 0 Å². The van der Waals surface area contributed by atoms with Gasteiger partial charge in [0.2, 0.25) is 10.0 Å². The van der Waals surface area contributed by atoms with Gasteiger partial charge in [-0.05, 0) is 17.9 Å². The highest BCUT2D eigenvalue weighted by molar-refractivity contribution is 7.88. The molecular formula is C13H17N3O4S2. The molecule has 22 heavy (non-hydrogen) atoms. The van der Waals surface area contributed by atoms with Crippen LogP contribution in [0.5, 0.6) is 0 Å².